The van der Waals surface area contributed by atoms with E-state index in [0.29, 0.717) is 22.9 Å². The largest absolute Gasteiger partial charge is 0.496 e. The lowest BCUT2D eigenvalue weighted by Gasteiger charge is -2.10. The number of hydrogen-bond donors (Lipinski definition) is 0. The van der Waals surface area contributed by atoms with Crippen LogP contribution in [0.3, 0.4) is 0 Å². The Hall–Kier alpha value is -2.55. The van der Waals surface area contributed by atoms with Crippen LogP contribution in [0.4, 0.5) is 0 Å². The Bertz CT molecular complexity index is 731. The van der Waals surface area contributed by atoms with Crippen molar-refractivity contribution in [2.75, 3.05) is 28.4 Å². The van der Waals surface area contributed by atoms with Crippen LogP contribution in [0.2, 0.25) is 0 Å². The maximum atomic E-state index is 12.5. The number of rotatable bonds is 8. The molecule has 9 heteroatoms. The van der Waals surface area contributed by atoms with Gasteiger partial charge < -0.3 is 18.9 Å². The smallest absolute Gasteiger partial charge is 0.216 e. The summed E-state index contributed by atoms with van der Waals surface area (Å²) in [7, 11) is 2.34. The predicted molar refractivity (Wildman–Crippen MR) is 91.0 cm³/mol. The van der Waals surface area contributed by atoms with Gasteiger partial charge in [-0.15, -0.1) is 0 Å². The third-order valence-electron chi connectivity index (χ3n) is 3.28. The minimum Gasteiger partial charge on any atom is -0.496 e. The Labute approximate surface area is 146 Å². The van der Waals surface area contributed by atoms with Crippen molar-refractivity contribution < 1.29 is 27.4 Å². The first-order valence-electron chi connectivity index (χ1n) is 7.27. The molecule has 8 nitrogen and oxygen atoms in total. The molecule has 0 aromatic carbocycles. The molecule has 136 valence electrons. The summed E-state index contributed by atoms with van der Waals surface area (Å²) in [6, 6.07) is 6.26. The zero-order chi connectivity index (χ0) is 18.4. The molecule has 0 unspecified atom stereocenters. The van der Waals surface area contributed by atoms with Crippen LogP contribution in [0, 0.1) is 0 Å². The first-order chi connectivity index (χ1) is 11.9. The molecule has 25 heavy (non-hydrogen) atoms. The van der Waals surface area contributed by atoms with Crippen LogP contribution < -0.4 is 18.9 Å². The minimum atomic E-state index is -3.53. The molecule has 0 N–H and O–H groups in total. The molecule has 2 rings (SSSR count). The molecule has 2 aromatic rings. The van der Waals surface area contributed by atoms with Gasteiger partial charge in [0.05, 0.1) is 51.3 Å². The number of nitrogens with zero attached hydrogens (tertiary/aromatic N) is 2. The van der Waals surface area contributed by atoms with Crippen molar-refractivity contribution in [1.82, 2.24) is 9.97 Å². The lowest BCUT2D eigenvalue weighted by Crippen LogP contribution is -2.11. The molecule has 0 atom stereocenters. The van der Waals surface area contributed by atoms with Gasteiger partial charge in [0.25, 0.3) is 0 Å². The minimum absolute atomic E-state index is 0.276. The summed E-state index contributed by atoms with van der Waals surface area (Å²) in [6.45, 7) is 0. The summed E-state index contributed by atoms with van der Waals surface area (Å²) >= 11 is 0. The summed E-state index contributed by atoms with van der Waals surface area (Å²) < 4.78 is 45.4. The Morgan fingerprint density at radius 2 is 1.12 bits per heavy atom. The zero-order valence-corrected chi connectivity index (χ0v) is 15.3. The van der Waals surface area contributed by atoms with E-state index < -0.39 is 9.84 Å². The van der Waals surface area contributed by atoms with E-state index >= 15 is 0 Å². The van der Waals surface area contributed by atoms with Crippen molar-refractivity contribution >= 4 is 9.84 Å². The van der Waals surface area contributed by atoms with Crippen LogP contribution in [0.15, 0.2) is 24.3 Å². The van der Waals surface area contributed by atoms with Crippen LogP contribution in [0.5, 0.6) is 23.3 Å². The Balaban J connectivity index is 2.25. The van der Waals surface area contributed by atoms with E-state index in [-0.39, 0.29) is 23.3 Å². The highest BCUT2D eigenvalue weighted by molar-refractivity contribution is 7.89. The fraction of sp³-hybridized carbons (Fsp3) is 0.375. The van der Waals surface area contributed by atoms with Crippen molar-refractivity contribution in [3.05, 3.63) is 35.7 Å². The van der Waals surface area contributed by atoms with Crippen LogP contribution in [0.25, 0.3) is 0 Å². The normalized spacial score (nSPS) is 11.0. The maximum absolute atomic E-state index is 12.5. The molecule has 0 spiro atoms. The summed E-state index contributed by atoms with van der Waals surface area (Å²) in [5, 5.41) is 0. The van der Waals surface area contributed by atoms with Crippen LogP contribution in [-0.4, -0.2) is 46.8 Å². The molecule has 0 fully saturated rings. The standard InChI is InChI=1S/C16H20N2O6S/c1-21-13-5-11(17-15(7-13)23-3)9-25(19,20)10-12-6-14(22-2)8-16(18-12)24-4/h5-8H,9-10H2,1-4H3. The van der Waals surface area contributed by atoms with Gasteiger partial charge in [-0.1, -0.05) is 0 Å². The summed E-state index contributed by atoms with van der Waals surface area (Å²) in [5.41, 5.74) is 0.650. The lowest BCUT2D eigenvalue weighted by molar-refractivity contribution is 0.381. The molecule has 0 aliphatic rings. The summed E-state index contributed by atoms with van der Waals surface area (Å²) in [5.74, 6) is 0.955. The molecular formula is C16H20N2O6S. The lowest BCUT2D eigenvalue weighted by atomic mass is 10.3. The van der Waals surface area contributed by atoms with Gasteiger partial charge in [-0.2, -0.15) is 0 Å². The molecule has 0 radical (unpaired) electrons. The molecule has 0 bridgehead atoms. The second-order valence-electron chi connectivity index (χ2n) is 5.11. The fourth-order valence-electron chi connectivity index (χ4n) is 2.16. The van der Waals surface area contributed by atoms with Gasteiger partial charge in [0.2, 0.25) is 11.8 Å². The van der Waals surface area contributed by atoms with Crippen molar-refractivity contribution in [1.29, 1.82) is 0 Å². The number of pyridine rings is 2. The third kappa shape index (κ3) is 5.21. The Morgan fingerprint density at radius 3 is 1.44 bits per heavy atom. The summed E-state index contributed by atoms with van der Waals surface area (Å²) in [6.07, 6.45) is 0. The van der Waals surface area contributed by atoms with Gasteiger partial charge in [0.1, 0.15) is 11.5 Å². The van der Waals surface area contributed by atoms with Gasteiger partial charge in [0, 0.05) is 24.3 Å². The van der Waals surface area contributed by atoms with E-state index in [9.17, 15) is 8.42 Å². The molecule has 2 heterocycles. The molecule has 0 aliphatic heterocycles. The number of ether oxygens (including phenoxy) is 4. The van der Waals surface area contributed by atoms with E-state index in [1.54, 1.807) is 24.3 Å². The van der Waals surface area contributed by atoms with Crippen molar-refractivity contribution in [2.24, 2.45) is 0 Å². The van der Waals surface area contributed by atoms with Gasteiger partial charge in [-0.25, -0.2) is 18.4 Å². The predicted octanol–water partition coefficient (Wildman–Crippen LogP) is 1.63. The highest BCUT2D eigenvalue weighted by Gasteiger charge is 2.18. The highest BCUT2D eigenvalue weighted by atomic mass is 32.2. The number of hydrogen-bond acceptors (Lipinski definition) is 8. The van der Waals surface area contributed by atoms with Crippen LogP contribution in [-0.2, 0) is 21.3 Å². The van der Waals surface area contributed by atoms with Crippen molar-refractivity contribution in [3.8, 4) is 23.3 Å². The van der Waals surface area contributed by atoms with Crippen LogP contribution in [0.1, 0.15) is 11.4 Å². The van der Waals surface area contributed by atoms with E-state index in [2.05, 4.69) is 9.97 Å². The number of methoxy groups -OCH3 is 4. The monoisotopic (exact) mass is 368 g/mol. The Morgan fingerprint density at radius 1 is 0.720 bits per heavy atom. The SMILES string of the molecule is COc1cc(CS(=O)(=O)Cc2cc(OC)cc(OC)n2)nc(OC)c1. The first-order valence-corrected chi connectivity index (χ1v) is 9.09. The molecule has 0 saturated heterocycles. The van der Waals surface area contributed by atoms with Gasteiger partial charge in [-0.05, 0) is 0 Å². The van der Waals surface area contributed by atoms with Crippen molar-refractivity contribution in [3.63, 3.8) is 0 Å². The Kier molecular flexibility index (Phi) is 6.02. The second kappa shape index (κ2) is 8.02. The first kappa shape index (κ1) is 18.8. The number of sulfone groups is 1. The maximum Gasteiger partial charge on any atom is 0.216 e. The molecule has 2 aromatic heterocycles. The molecule has 0 amide bonds. The topological polar surface area (TPSA) is 96.8 Å². The average molecular weight is 368 g/mol. The quantitative estimate of drug-likeness (QED) is 0.693. The van der Waals surface area contributed by atoms with Gasteiger partial charge in [-0.3, -0.25) is 0 Å². The van der Waals surface area contributed by atoms with E-state index in [1.807, 2.05) is 0 Å². The molecule has 0 saturated carbocycles. The molecular weight excluding hydrogens is 348 g/mol. The third-order valence-corrected chi connectivity index (χ3v) is 4.75. The van der Waals surface area contributed by atoms with E-state index in [4.69, 9.17) is 18.9 Å². The van der Waals surface area contributed by atoms with Crippen molar-refractivity contribution in [2.45, 2.75) is 11.5 Å². The van der Waals surface area contributed by atoms with Crippen LogP contribution >= 0.6 is 0 Å². The molecule has 0 aliphatic carbocycles. The van der Waals surface area contributed by atoms with Gasteiger partial charge in [0.15, 0.2) is 9.84 Å². The fourth-order valence-corrected chi connectivity index (χ4v) is 3.46. The summed E-state index contributed by atoms with van der Waals surface area (Å²) in [4.78, 5) is 8.29. The van der Waals surface area contributed by atoms with E-state index in [0.717, 1.165) is 0 Å². The van der Waals surface area contributed by atoms with Gasteiger partial charge >= 0.3 is 0 Å². The second-order valence-corrected chi connectivity index (χ2v) is 7.18. The highest BCUT2D eigenvalue weighted by Crippen LogP contribution is 2.23. The average Bonchev–Trinajstić information content (AvgIpc) is 2.59. The zero-order valence-electron chi connectivity index (χ0n) is 14.5. The number of aromatic nitrogens is 2. The van der Waals surface area contributed by atoms with E-state index in [1.165, 1.54) is 28.4 Å².